The molecule has 0 N–H and O–H groups in total. The minimum atomic E-state index is -3.72. The van der Waals surface area contributed by atoms with E-state index in [1.807, 2.05) is 0 Å². The summed E-state index contributed by atoms with van der Waals surface area (Å²) in [6, 6.07) is 6.49. The second-order valence-electron chi connectivity index (χ2n) is 1.79. The first-order valence-corrected chi connectivity index (χ1v) is 6.78. The average Bonchev–Trinajstić information content (AvgIpc) is 1.92. The van der Waals surface area contributed by atoms with E-state index in [1.165, 1.54) is 6.07 Å². The maximum atomic E-state index is 12.3. The topological polar surface area (TPSA) is 34.1 Å². The fourth-order valence-corrected chi connectivity index (χ4v) is 0.724. The van der Waals surface area contributed by atoms with E-state index in [1.54, 1.807) is 18.2 Å². The highest BCUT2D eigenvalue weighted by molar-refractivity contribution is 9.10. The lowest BCUT2D eigenvalue weighted by Crippen LogP contribution is -1.70. The van der Waals surface area contributed by atoms with Gasteiger partial charge >= 0.3 is 8.26 Å². The van der Waals surface area contributed by atoms with Crippen LogP contribution in [0.5, 0.6) is 0 Å². The smallest absolute Gasteiger partial charge is 0.206 e. The highest BCUT2D eigenvalue weighted by Crippen LogP contribution is 2.12. The van der Waals surface area contributed by atoms with Gasteiger partial charge in [-0.05, 0) is 28.1 Å². The van der Waals surface area contributed by atoms with Gasteiger partial charge in [0.2, 0.25) is 0 Å². The first-order valence-electron chi connectivity index (χ1n) is 2.85. The lowest BCUT2D eigenvalue weighted by atomic mass is 10.4. The van der Waals surface area contributed by atoms with E-state index in [0.29, 0.717) is 4.47 Å². The number of hydrogen-bond acceptors (Lipinski definition) is 2. The van der Waals surface area contributed by atoms with E-state index >= 15 is 0 Å². The zero-order valence-corrected chi connectivity index (χ0v) is 9.96. The van der Waals surface area contributed by atoms with Crippen molar-refractivity contribution in [3.05, 3.63) is 34.6 Å². The molecule has 13 heavy (non-hydrogen) atoms. The van der Waals surface area contributed by atoms with Crippen LogP contribution in [0, 0.1) is 5.82 Å². The predicted molar refractivity (Wildman–Crippen MR) is 54.7 cm³/mol. The van der Waals surface area contributed by atoms with E-state index in [-0.39, 0.29) is 5.82 Å². The molecule has 74 valence electrons. The molecule has 0 bridgehead atoms. The van der Waals surface area contributed by atoms with Gasteiger partial charge in [0.1, 0.15) is 5.82 Å². The molecule has 1 aromatic carbocycles. The van der Waals surface area contributed by atoms with Crippen molar-refractivity contribution >= 4 is 45.6 Å². The summed E-state index contributed by atoms with van der Waals surface area (Å²) < 4.78 is 31.1. The first kappa shape index (κ1) is 13.2. The zero-order valence-electron chi connectivity index (χ0n) is 6.05. The van der Waals surface area contributed by atoms with Crippen molar-refractivity contribution in [2.45, 2.75) is 0 Å². The zero-order chi connectivity index (χ0) is 10.5. The minimum Gasteiger partial charge on any atom is -0.206 e. The predicted octanol–water partition coefficient (Wildman–Crippen LogP) is 3.30. The van der Waals surface area contributed by atoms with Crippen LogP contribution in [-0.4, -0.2) is 8.42 Å². The summed E-state index contributed by atoms with van der Waals surface area (Å²) in [5, 5.41) is 0. The van der Waals surface area contributed by atoms with Gasteiger partial charge in [-0.2, -0.15) is 8.42 Å². The Morgan fingerprint density at radius 2 is 1.62 bits per heavy atom. The number of halogens is 4. The van der Waals surface area contributed by atoms with E-state index in [4.69, 9.17) is 8.42 Å². The Hall–Kier alpha value is 0.160. The summed E-state index contributed by atoms with van der Waals surface area (Å²) in [5.74, 6) is -0.215. The van der Waals surface area contributed by atoms with Crippen molar-refractivity contribution in [3.63, 3.8) is 0 Å². The van der Waals surface area contributed by atoms with Crippen molar-refractivity contribution in [2.75, 3.05) is 0 Å². The average molecular weight is 310 g/mol. The summed E-state index contributed by atoms with van der Waals surface area (Å²) in [6.45, 7) is 0. The SMILES string of the molecule is Fc1ccccc1Br.O=S(=O)(Cl)Cl. The Bertz CT molecular complexity index is 340. The summed E-state index contributed by atoms with van der Waals surface area (Å²) in [6.07, 6.45) is 0. The Morgan fingerprint density at radius 1 is 1.23 bits per heavy atom. The highest BCUT2D eigenvalue weighted by atomic mass is 79.9. The Labute approximate surface area is 92.7 Å². The second kappa shape index (κ2) is 5.80. The third-order valence-electron chi connectivity index (χ3n) is 0.824. The lowest BCUT2D eigenvalue weighted by molar-refractivity contribution is 0.620. The van der Waals surface area contributed by atoms with Crippen molar-refractivity contribution in [2.24, 2.45) is 0 Å². The molecule has 0 heterocycles. The Morgan fingerprint density at radius 3 is 1.85 bits per heavy atom. The Balaban J connectivity index is 0.000000252. The van der Waals surface area contributed by atoms with Gasteiger partial charge in [-0.3, -0.25) is 0 Å². The maximum Gasteiger partial charge on any atom is 0.317 e. The van der Waals surface area contributed by atoms with Gasteiger partial charge in [0, 0.05) is 21.4 Å². The van der Waals surface area contributed by atoms with Gasteiger partial charge in [0.15, 0.2) is 0 Å². The molecule has 0 radical (unpaired) electrons. The van der Waals surface area contributed by atoms with E-state index < -0.39 is 8.26 Å². The van der Waals surface area contributed by atoms with Crippen LogP contribution in [0.25, 0.3) is 0 Å². The second-order valence-corrected chi connectivity index (χ2v) is 6.32. The lowest BCUT2D eigenvalue weighted by Gasteiger charge is -1.87. The van der Waals surface area contributed by atoms with Crippen LogP contribution in [0.15, 0.2) is 28.7 Å². The van der Waals surface area contributed by atoms with E-state index in [0.717, 1.165) is 0 Å². The normalized spacial score (nSPS) is 10.2. The molecule has 0 atom stereocenters. The molecule has 0 aliphatic heterocycles. The molecule has 2 nitrogen and oxygen atoms in total. The molecule has 0 saturated heterocycles. The van der Waals surface area contributed by atoms with Gasteiger partial charge in [0.25, 0.3) is 0 Å². The molecule has 0 unspecified atom stereocenters. The van der Waals surface area contributed by atoms with Gasteiger partial charge < -0.3 is 0 Å². The van der Waals surface area contributed by atoms with Crippen LogP contribution in [0.2, 0.25) is 0 Å². The van der Waals surface area contributed by atoms with Crippen LogP contribution in [-0.2, 0) is 8.26 Å². The third-order valence-corrected chi connectivity index (χ3v) is 1.47. The molecule has 0 aromatic heterocycles. The van der Waals surface area contributed by atoms with Crippen LogP contribution >= 0.6 is 37.3 Å². The quantitative estimate of drug-likeness (QED) is 0.689. The molecule has 0 aliphatic rings. The van der Waals surface area contributed by atoms with Gasteiger partial charge in [-0.15, -0.1) is 0 Å². The van der Waals surface area contributed by atoms with E-state index in [2.05, 4.69) is 37.3 Å². The minimum absolute atomic E-state index is 0.215. The molecule has 0 saturated carbocycles. The first-order chi connectivity index (χ1) is 5.80. The molecule has 7 heteroatoms. The van der Waals surface area contributed by atoms with Crippen LogP contribution in [0.1, 0.15) is 0 Å². The fourth-order valence-electron chi connectivity index (χ4n) is 0.439. The molecular weight excluding hydrogens is 306 g/mol. The third kappa shape index (κ3) is 10.1. The largest absolute Gasteiger partial charge is 0.317 e. The molecule has 0 amide bonds. The van der Waals surface area contributed by atoms with Crippen molar-refractivity contribution in [1.29, 1.82) is 0 Å². The molecule has 1 aromatic rings. The Kier molecular flexibility index (Phi) is 5.87. The molecule has 0 fully saturated rings. The van der Waals surface area contributed by atoms with Crippen molar-refractivity contribution < 1.29 is 12.8 Å². The van der Waals surface area contributed by atoms with Crippen LogP contribution in [0.3, 0.4) is 0 Å². The van der Waals surface area contributed by atoms with Crippen molar-refractivity contribution in [1.82, 2.24) is 0 Å². The standard InChI is InChI=1S/C6H4BrF.Cl2O2S/c7-5-3-1-2-4-6(5)8;1-5(2,3)4/h1-4H;. The maximum absolute atomic E-state index is 12.3. The van der Waals surface area contributed by atoms with Gasteiger partial charge in [-0.25, -0.2) is 4.39 Å². The highest BCUT2D eigenvalue weighted by Gasteiger charge is 1.90. The van der Waals surface area contributed by atoms with E-state index in [9.17, 15) is 4.39 Å². The monoisotopic (exact) mass is 308 g/mol. The molecular formula is C6H4BrCl2FO2S. The van der Waals surface area contributed by atoms with Crippen molar-refractivity contribution in [3.8, 4) is 0 Å². The summed E-state index contributed by atoms with van der Waals surface area (Å²) in [4.78, 5) is 0. The summed E-state index contributed by atoms with van der Waals surface area (Å²) >= 11 is 3.02. The number of benzene rings is 1. The van der Waals surface area contributed by atoms with Gasteiger partial charge in [0.05, 0.1) is 4.47 Å². The molecule has 0 aliphatic carbocycles. The number of rotatable bonds is 0. The number of hydrogen-bond donors (Lipinski definition) is 0. The van der Waals surface area contributed by atoms with Crippen LogP contribution in [0.4, 0.5) is 4.39 Å². The summed E-state index contributed by atoms with van der Waals surface area (Å²) in [7, 11) is 4.81. The molecule has 1 rings (SSSR count). The van der Waals surface area contributed by atoms with Crippen LogP contribution < -0.4 is 0 Å². The van der Waals surface area contributed by atoms with Gasteiger partial charge in [-0.1, -0.05) is 12.1 Å². The fraction of sp³-hybridized carbons (Fsp3) is 0. The summed E-state index contributed by atoms with van der Waals surface area (Å²) in [5.41, 5.74) is 0. The molecule has 0 spiro atoms.